The number of rotatable bonds is 9. The molecule has 35 heavy (non-hydrogen) atoms. The van der Waals surface area contributed by atoms with Gasteiger partial charge in [-0.1, -0.05) is 11.6 Å². The number of H-pyrrole nitrogens is 1. The van der Waals surface area contributed by atoms with Crippen molar-refractivity contribution in [2.24, 2.45) is 0 Å². The fourth-order valence-corrected chi connectivity index (χ4v) is 4.53. The molecule has 1 saturated heterocycles. The van der Waals surface area contributed by atoms with E-state index in [2.05, 4.69) is 33.1 Å². The maximum absolute atomic E-state index is 12.9. The molecule has 1 fully saturated rings. The van der Waals surface area contributed by atoms with Crippen LogP contribution in [0.3, 0.4) is 0 Å². The first-order valence-electron chi connectivity index (χ1n) is 12.2. The number of hydrogen-bond donors (Lipinski definition) is 2. The van der Waals surface area contributed by atoms with Crippen molar-refractivity contribution in [2.45, 2.75) is 26.8 Å². The molecule has 0 amide bonds. The van der Waals surface area contributed by atoms with Crippen LogP contribution in [-0.2, 0) is 11.3 Å². The number of morpholine rings is 1. The van der Waals surface area contributed by atoms with Crippen LogP contribution in [-0.4, -0.2) is 65.9 Å². The van der Waals surface area contributed by atoms with Crippen molar-refractivity contribution >= 4 is 33.9 Å². The number of nitrogens with one attached hydrogen (secondary N) is 2. The first-order chi connectivity index (χ1) is 17.0. The average Bonchev–Trinajstić information content (AvgIpc) is 2.86. The smallest absolute Gasteiger partial charge is 0.253 e. The van der Waals surface area contributed by atoms with Gasteiger partial charge in [-0.2, -0.15) is 0 Å². The van der Waals surface area contributed by atoms with E-state index in [9.17, 15) is 4.79 Å². The molecule has 2 aromatic carbocycles. The lowest BCUT2D eigenvalue weighted by Crippen LogP contribution is -2.40. The minimum atomic E-state index is -0.0802. The lowest BCUT2D eigenvalue weighted by atomic mass is 10.1. The third-order valence-corrected chi connectivity index (χ3v) is 6.51. The minimum absolute atomic E-state index is 0.0802. The SMILES string of the molecule is CCOc1ccc(NC(=S)N(CCCN2CCOCC2)Cc2cc3cc(C)ccc3[nH]c2=O)cc1. The van der Waals surface area contributed by atoms with Crippen LogP contribution in [0.5, 0.6) is 5.75 Å². The first-order valence-corrected chi connectivity index (χ1v) is 12.6. The zero-order chi connectivity index (χ0) is 24.6. The molecule has 0 bridgehead atoms. The van der Waals surface area contributed by atoms with E-state index in [4.69, 9.17) is 21.7 Å². The summed E-state index contributed by atoms with van der Waals surface area (Å²) >= 11 is 5.81. The quantitative estimate of drug-likeness (QED) is 0.433. The summed E-state index contributed by atoms with van der Waals surface area (Å²) in [5.41, 5.74) is 3.51. The molecule has 2 heterocycles. The number of hydrogen-bond acceptors (Lipinski definition) is 5. The van der Waals surface area contributed by atoms with Crippen molar-refractivity contribution in [3.63, 3.8) is 0 Å². The Balaban J connectivity index is 1.49. The van der Waals surface area contributed by atoms with Gasteiger partial charge in [-0.15, -0.1) is 0 Å². The van der Waals surface area contributed by atoms with Crippen molar-refractivity contribution < 1.29 is 9.47 Å². The van der Waals surface area contributed by atoms with E-state index in [1.54, 1.807) is 0 Å². The zero-order valence-corrected chi connectivity index (χ0v) is 21.3. The maximum atomic E-state index is 12.9. The fraction of sp³-hybridized carbons (Fsp3) is 0.407. The van der Waals surface area contributed by atoms with Crippen LogP contribution in [0.2, 0.25) is 0 Å². The molecule has 3 aromatic rings. The zero-order valence-electron chi connectivity index (χ0n) is 20.5. The Kier molecular flexibility index (Phi) is 8.74. The lowest BCUT2D eigenvalue weighted by molar-refractivity contribution is 0.0367. The highest BCUT2D eigenvalue weighted by Crippen LogP contribution is 2.18. The highest BCUT2D eigenvalue weighted by Gasteiger charge is 2.16. The summed E-state index contributed by atoms with van der Waals surface area (Å²) in [5, 5.41) is 4.97. The van der Waals surface area contributed by atoms with Crippen LogP contribution >= 0.6 is 12.2 Å². The van der Waals surface area contributed by atoms with Crippen LogP contribution in [0.25, 0.3) is 10.9 Å². The molecule has 0 radical (unpaired) electrons. The number of nitrogens with zero attached hydrogens (tertiary/aromatic N) is 2. The van der Waals surface area contributed by atoms with E-state index in [1.807, 2.05) is 49.4 Å². The highest BCUT2D eigenvalue weighted by molar-refractivity contribution is 7.80. The molecule has 4 rings (SSSR count). The molecule has 186 valence electrons. The molecule has 1 aliphatic rings. The summed E-state index contributed by atoms with van der Waals surface area (Å²) in [4.78, 5) is 20.4. The number of fused-ring (bicyclic) bond motifs is 1. The van der Waals surface area contributed by atoms with Crippen molar-refractivity contribution in [3.05, 3.63) is 70.0 Å². The van der Waals surface area contributed by atoms with Crippen LogP contribution in [0, 0.1) is 6.92 Å². The molecule has 1 aliphatic heterocycles. The van der Waals surface area contributed by atoms with Gasteiger partial charge in [0, 0.05) is 42.9 Å². The molecule has 2 N–H and O–H groups in total. The normalized spacial score (nSPS) is 14.1. The van der Waals surface area contributed by atoms with Crippen LogP contribution in [0.4, 0.5) is 5.69 Å². The predicted octanol–water partition coefficient (Wildman–Crippen LogP) is 4.16. The number of aromatic amines is 1. The Bertz CT molecular complexity index is 1190. The number of benzene rings is 2. The summed E-state index contributed by atoms with van der Waals surface area (Å²) in [5.74, 6) is 0.823. The molecule has 7 nitrogen and oxygen atoms in total. The molecule has 0 unspecified atom stereocenters. The second-order valence-corrected chi connectivity index (χ2v) is 9.22. The molecule has 0 saturated carbocycles. The van der Waals surface area contributed by atoms with Crippen molar-refractivity contribution in [3.8, 4) is 5.75 Å². The van der Waals surface area contributed by atoms with E-state index in [-0.39, 0.29) is 5.56 Å². The van der Waals surface area contributed by atoms with Gasteiger partial charge >= 0.3 is 0 Å². The molecule has 0 atom stereocenters. The number of thiocarbonyl (C=S) groups is 1. The number of aryl methyl sites for hydroxylation is 1. The molecule has 8 heteroatoms. The Hall–Kier alpha value is -2.94. The van der Waals surface area contributed by atoms with Crippen molar-refractivity contribution in [1.82, 2.24) is 14.8 Å². The van der Waals surface area contributed by atoms with Gasteiger partial charge < -0.3 is 24.7 Å². The Morgan fingerprint density at radius 2 is 1.94 bits per heavy atom. The van der Waals surface area contributed by atoms with E-state index >= 15 is 0 Å². The van der Waals surface area contributed by atoms with Gasteiger partial charge in [-0.3, -0.25) is 9.69 Å². The van der Waals surface area contributed by atoms with Gasteiger partial charge in [0.1, 0.15) is 5.75 Å². The standard InChI is InChI=1S/C27H34N4O3S/c1-3-34-24-8-6-23(7-9-24)28-27(35)31(12-4-11-30-13-15-33-16-14-30)19-22-18-21-17-20(2)5-10-25(21)29-26(22)32/h5-10,17-18H,3-4,11-16,19H2,1-2H3,(H,28,35)(H,29,32). The third kappa shape index (κ3) is 7.04. The van der Waals surface area contributed by atoms with E-state index < -0.39 is 0 Å². The Labute approximate surface area is 212 Å². The Morgan fingerprint density at radius 1 is 1.17 bits per heavy atom. The average molecular weight is 495 g/mol. The van der Waals surface area contributed by atoms with Crippen molar-refractivity contribution in [2.75, 3.05) is 51.3 Å². The van der Waals surface area contributed by atoms with Gasteiger partial charge in [-0.25, -0.2) is 0 Å². The van der Waals surface area contributed by atoms with Gasteiger partial charge in [0.15, 0.2) is 5.11 Å². The molecule has 0 aliphatic carbocycles. The van der Waals surface area contributed by atoms with E-state index in [1.165, 1.54) is 0 Å². The predicted molar refractivity (Wildman–Crippen MR) is 145 cm³/mol. The molecular weight excluding hydrogens is 460 g/mol. The number of pyridine rings is 1. The number of ether oxygens (including phenoxy) is 2. The summed E-state index contributed by atoms with van der Waals surface area (Å²) in [7, 11) is 0. The number of anilines is 1. The molecular formula is C27H34N4O3S. The first kappa shape index (κ1) is 25.2. The van der Waals surface area contributed by atoms with Crippen LogP contribution in [0.1, 0.15) is 24.5 Å². The van der Waals surface area contributed by atoms with Gasteiger partial charge in [0.05, 0.1) is 26.4 Å². The second-order valence-electron chi connectivity index (χ2n) is 8.83. The fourth-order valence-electron chi connectivity index (χ4n) is 4.26. The largest absolute Gasteiger partial charge is 0.494 e. The number of aromatic nitrogens is 1. The van der Waals surface area contributed by atoms with Gasteiger partial charge in [-0.05, 0) is 80.3 Å². The molecule has 1 aromatic heterocycles. The summed E-state index contributed by atoms with van der Waals surface area (Å²) in [6, 6.07) is 15.8. The highest BCUT2D eigenvalue weighted by atomic mass is 32.1. The summed E-state index contributed by atoms with van der Waals surface area (Å²) in [6.07, 6.45) is 0.940. The summed E-state index contributed by atoms with van der Waals surface area (Å²) in [6.45, 7) is 10.3. The van der Waals surface area contributed by atoms with Crippen molar-refractivity contribution in [1.29, 1.82) is 0 Å². The lowest BCUT2D eigenvalue weighted by Gasteiger charge is -2.29. The topological polar surface area (TPSA) is 69.8 Å². The maximum Gasteiger partial charge on any atom is 0.253 e. The Morgan fingerprint density at radius 3 is 2.69 bits per heavy atom. The summed E-state index contributed by atoms with van der Waals surface area (Å²) < 4.78 is 11.0. The van der Waals surface area contributed by atoms with Gasteiger partial charge in [0.2, 0.25) is 0 Å². The minimum Gasteiger partial charge on any atom is -0.494 e. The van der Waals surface area contributed by atoms with Crippen LogP contribution in [0.15, 0.2) is 53.3 Å². The molecule has 0 spiro atoms. The third-order valence-electron chi connectivity index (χ3n) is 6.15. The van der Waals surface area contributed by atoms with E-state index in [0.29, 0.717) is 23.8 Å². The van der Waals surface area contributed by atoms with Gasteiger partial charge in [0.25, 0.3) is 5.56 Å². The second kappa shape index (κ2) is 12.2. The van der Waals surface area contributed by atoms with E-state index in [0.717, 1.165) is 73.7 Å². The monoisotopic (exact) mass is 494 g/mol. The van der Waals surface area contributed by atoms with Crippen LogP contribution < -0.4 is 15.6 Å².